The number of nitrogens with one attached hydrogen (secondary N) is 1. The molecule has 1 N–H and O–H groups in total. The van der Waals surface area contributed by atoms with E-state index in [2.05, 4.69) is 20.2 Å². The third-order valence-corrected chi connectivity index (χ3v) is 3.94. The van der Waals surface area contributed by atoms with E-state index in [9.17, 15) is 0 Å². The second kappa shape index (κ2) is 5.89. The van der Waals surface area contributed by atoms with E-state index >= 15 is 0 Å². The van der Waals surface area contributed by atoms with Crippen LogP contribution in [0.1, 0.15) is 5.69 Å². The van der Waals surface area contributed by atoms with Crippen molar-refractivity contribution in [3.05, 3.63) is 42.1 Å². The van der Waals surface area contributed by atoms with Crippen molar-refractivity contribution in [1.29, 1.82) is 0 Å². The normalized spacial score (nSPS) is 15.1. The summed E-state index contributed by atoms with van der Waals surface area (Å²) in [7, 11) is 0. The Balaban J connectivity index is 1.56. The van der Waals surface area contributed by atoms with E-state index in [0.717, 1.165) is 54.6 Å². The van der Waals surface area contributed by atoms with Crippen LogP contribution in [0.3, 0.4) is 0 Å². The lowest BCUT2D eigenvalue weighted by Crippen LogP contribution is -2.36. The predicted molar refractivity (Wildman–Crippen MR) is 89.3 cm³/mol. The van der Waals surface area contributed by atoms with E-state index in [1.165, 1.54) is 0 Å². The van der Waals surface area contributed by atoms with Crippen LogP contribution in [-0.2, 0) is 4.74 Å². The molecule has 1 saturated heterocycles. The number of aromatic nitrogens is 2. The van der Waals surface area contributed by atoms with Gasteiger partial charge in [-0.2, -0.15) is 4.98 Å². The fourth-order valence-corrected chi connectivity index (χ4v) is 2.69. The first kappa shape index (κ1) is 14.0. The Morgan fingerprint density at radius 3 is 2.65 bits per heavy atom. The van der Waals surface area contributed by atoms with Gasteiger partial charge < -0.3 is 19.4 Å². The first-order valence-electron chi connectivity index (χ1n) is 7.72. The molecule has 6 nitrogen and oxygen atoms in total. The molecular weight excluding hydrogens is 292 g/mol. The van der Waals surface area contributed by atoms with Crippen molar-refractivity contribution in [1.82, 2.24) is 9.97 Å². The fraction of sp³-hybridized carbons (Fsp3) is 0.294. The summed E-state index contributed by atoms with van der Waals surface area (Å²) in [5.41, 5.74) is 3.42. The number of hydrogen-bond acceptors (Lipinski definition) is 6. The average Bonchev–Trinajstić information content (AvgIpc) is 3.00. The van der Waals surface area contributed by atoms with Crippen molar-refractivity contribution in [2.24, 2.45) is 0 Å². The van der Waals surface area contributed by atoms with Crippen LogP contribution >= 0.6 is 0 Å². The van der Waals surface area contributed by atoms with E-state index in [-0.39, 0.29) is 0 Å². The number of aryl methyl sites for hydroxylation is 1. The lowest BCUT2D eigenvalue weighted by molar-refractivity contribution is 0.122. The molecule has 0 spiro atoms. The number of para-hydroxylation sites is 2. The molecule has 3 heterocycles. The molecule has 0 amide bonds. The maximum Gasteiger partial charge on any atom is 0.300 e. The summed E-state index contributed by atoms with van der Waals surface area (Å²) in [6.07, 6.45) is 0. The minimum absolute atomic E-state index is 0.482. The zero-order chi connectivity index (χ0) is 15.6. The number of morpholine rings is 1. The molecule has 0 saturated carbocycles. The molecule has 1 aliphatic heterocycles. The number of fused-ring (bicyclic) bond motifs is 1. The second-order valence-electron chi connectivity index (χ2n) is 5.51. The highest BCUT2D eigenvalue weighted by Gasteiger charge is 2.14. The van der Waals surface area contributed by atoms with Crippen molar-refractivity contribution < 1.29 is 9.15 Å². The second-order valence-corrected chi connectivity index (χ2v) is 5.51. The summed E-state index contributed by atoms with van der Waals surface area (Å²) in [5, 5.41) is 3.21. The monoisotopic (exact) mass is 310 g/mol. The van der Waals surface area contributed by atoms with Gasteiger partial charge in [-0.1, -0.05) is 12.1 Å². The van der Waals surface area contributed by atoms with Crippen LogP contribution in [0.2, 0.25) is 0 Å². The van der Waals surface area contributed by atoms with Crippen molar-refractivity contribution >= 4 is 28.6 Å². The van der Waals surface area contributed by atoms with Crippen LogP contribution in [0.15, 0.2) is 40.8 Å². The lowest BCUT2D eigenvalue weighted by Gasteiger charge is -2.28. The van der Waals surface area contributed by atoms with E-state index < -0.39 is 0 Å². The van der Waals surface area contributed by atoms with Gasteiger partial charge >= 0.3 is 0 Å². The van der Waals surface area contributed by atoms with Crippen LogP contribution in [-0.4, -0.2) is 36.3 Å². The van der Waals surface area contributed by atoms with Crippen LogP contribution in [0, 0.1) is 6.92 Å². The van der Waals surface area contributed by atoms with Gasteiger partial charge in [-0.05, 0) is 31.2 Å². The molecule has 0 atom stereocenters. The lowest BCUT2D eigenvalue weighted by atomic mass is 10.3. The first-order chi connectivity index (χ1) is 11.3. The molecule has 1 fully saturated rings. The molecule has 0 aliphatic carbocycles. The standard InChI is InChI=1S/C17H18N4O2/c1-12-13(6-7-16(18-12)21-8-10-22-11-9-21)19-17-20-14-4-2-3-5-15(14)23-17/h2-7H,8-11H2,1H3,(H,19,20). The summed E-state index contributed by atoms with van der Waals surface area (Å²) in [6, 6.07) is 12.2. The van der Waals surface area contributed by atoms with Crippen LogP contribution in [0.4, 0.5) is 17.5 Å². The number of oxazole rings is 1. The van der Waals surface area contributed by atoms with E-state index in [1.54, 1.807) is 0 Å². The smallest absolute Gasteiger partial charge is 0.300 e. The molecule has 1 aromatic carbocycles. The fourth-order valence-electron chi connectivity index (χ4n) is 2.69. The molecule has 1 aliphatic rings. The highest BCUT2D eigenvalue weighted by Crippen LogP contribution is 2.25. The number of nitrogens with zero attached hydrogens (tertiary/aromatic N) is 3. The van der Waals surface area contributed by atoms with Crippen LogP contribution in [0.5, 0.6) is 0 Å². The van der Waals surface area contributed by atoms with Gasteiger partial charge in [0.15, 0.2) is 5.58 Å². The summed E-state index contributed by atoms with van der Waals surface area (Å²) in [6.45, 7) is 5.25. The maximum atomic E-state index is 5.70. The zero-order valence-corrected chi connectivity index (χ0v) is 13.0. The molecule has 0 bridgehead atoms. The Morgan fingerprint density at radius 2 is 1.87 bits per heavy atom. The predicted octanol–water partition coefficient (Wildman–Crippen LogP) is 3.11. The van der Waals surface area contributed by atoms with Crippen molar-refractivity contribution in [2.75, 3.05) is 36.5 Å². The third-order valence-electron chi connectivity index (χ3n) is 3.94. The Labute approximate surface area is 134 Å². The molecule has 23 heavy (non-hydrogen) atoms. The largest absolute Gasteiger partial charge is 0.423 e. The molecule has 118 valence electrons. The number of ether oxygens (including phenoxy) is 1. The number of rotatable bonds is 3. The Kier molecular flexibility index (Phi) is 3.59. The van der Waals surface area contributed by atoms with Crippen molar-refractivity contribution in [3.8, 4) is 0 Å². The summed E-state index contributed by atoms with van der Waals surface area (Å²) in [4.78, 5) is 11.4. The molecule has 6 heteroatoms. The molecular formula is C17H18N4O2. The SMILES string of the molecule is Cc1nc(N2CCOCC2)ccc1Nc1nc2ccccc2o1. The van der Waals surface area contributed by atoms with Crippen LogP contribution in [0.25, 0.3) is 11.1 Å². The Morgan fingerprint density at radius 1 is 1.04 bits per heavy atom. The Bertz CT molecular complexity index is 791. The van der Waals surface area contributed by atoms with Gasteiger partial charge in [-0.15, -0.1) is 0 Å². The maximum absolute atomic E-state index is 5.70. The van der Waals surface area contributed by atoms with Crippen LogP contribution < -0.4 is 10.2 Å². The first-order valence-corrected chi connectivity index (χ1v) is 7.72. The molecule has 0 radical (unpaired) electrons. The third kappa shape index (κ3) is 2.85. The highest BCUT2D eigenvalue weighted by molar-refractivity contribution is 5.75. The van der Waals surface area contributed by atoms with E-state index in [4.69, 9.17) is 9.15 Å². The van der Waals surface area contributed by atoms with E-state index in [0.29, 0.717) is 6.01 Å². The molecule has 2 aromatic heterocycles. The zero-order valence-electron chi connectivity index (χ0n) is 13.0. The van der Waals surface area contributed by atoms with Crippen molar-refractivity contribution in [2.45, 2.75) is 6.92 Å². The van der Waals surface area contributed by atoms with Gasteiger partial charge in [0.1, 0.15) is 11.3 Å². The molecule has 0 unspecified atom stereocenters. The van der Waals surface area contributed by atoms with Crippen molar-refractivity contribution in [3.63, 3.8) is 0 Å². The van der Waals surface area contributed by atoms with Gasteiger partial charge in [0.25, 0.3) is 6.01 Å². The van der Waals surface area contributed by atoms with Gasteiger partial charge in [0, 0.05) is 13.1 Å². The minimum Gasteiger partial charge on any atom is -0.423 e. The van der Waals surface area contributed by atoms with E-state index in [1.807, 2.05) is 43.3 Å². The number of anilines is 3. The topological polar surface area (TPSA) is 63.4 Å². The van der Waals surface area contributed by atoms with Gasteiger partial charge in [-0.25, -0.2) is 4.98 Å². The number of benzene rings is 1. The van der Waals surface area contributed by atoms with Gasteiger partial charge in [-0.3, -0.25) is 0 Å². The molecule has 3 aromatic rings. The van der Waals surface area contributed by atoms with Gasteiger partial charge in [0.05, 0.1) is 24.6 Å². The summed E-state index contributed by atoms with van der Waals surface area (Å²) >= 11 is 0. The highest BCUT2D eigenvalue weighted by atomic mass is 16.5. The summed E-state index contributed by atoms with van der Waals surface area (Å²) < 4.78 is 11.1. The average molecular weight is 310 g/mol. The summed E-state index contributed by atoms with van der Waals surface area (Å²) in [5.74, 6) is 0.980. The number of hydrogen-bond donors (Lipinski definition) is 1. The molecule has 4 rings (SSSR count). The Hall–Kier alpha value is -2.60. The van der Waals surface area contributed by atoms with Gasteiger partial charge in [0.2, 0.25) is 0 Å². The quantitative estimate of drug-likeness (QED) is 0.802. The number of pyridine rings is 1. The minimum atomic E-state index is 0.482.